The van der Waals surface area contributed by atoms with Crippen LogP contribution >= 0.6 is 11.8 Å². The topological polar surface area (TPSA) is 83.7 Å². The predicted octanol–water partition coefficient (Wildman–Crippen LogP) is 3.88. The standard InChI is InChI=1S/C19H17FN2O5S/c1-24-15-8-12(9-16(25-2)17(15)26-3)18-21-22-19(27-18)28-10-14(23)11-5-4-6-13(20)7-11/h4-9H,10H2,1-3H3. The fourth-order valence-corrected chi connectivity index (χ4v) is 3.12. The zero-order valence-corrected chi connectivity index (χ0v) is 16.2. The first kappa shape index (κ1) is 19.7. The Hall–Kier alpha value is -3.07. The molecule has 0 aliphatic heterocycles. The van der Waals surface area contributed by atoms with Gasteiger partial charge in [0.15, 0.2) is 17.3 Å². The Morgan fingerprint density at radius 2 is 1.79 bits per heavy atom. The second-order valence-corrected chi connectivity index (χ2v) is 6.44. The third-order valence-corrected chi connectivity index (χ3v) is 4.61. The van der Waals surface area contributed by atoms with E-state index in [1.807, 2.05) is 0 Å². The number of hydrogen-bond acceptors (Lipinski definition) is 8. The lowest BCUT2D eigenvalue weighted by Gasteiger charge is -2.12. The van der Waals surface area contributed by atoms with Crippen molar-refractivity contribution in [3.05, 3.63) is 47.8 Å². The summed E-state index contributed by atoms with van der Waals surface area (Å²) in [6, 6.07) is 8.88. The van der Waals surface area contributed by atoms with Gasteiger partial charge in [-0.1, -0.05) is 23.9 Å². The average Bonchev–Trinajstić information content (AvgIpc) is 3.19. The molecular weight excluding hydrogens is 387 g/mol. The minimum atomic E-state index is -0.460. The van der Waals surface area contributed by atoms with Gasteiger partial charge in [-0.3, -0.25) is 4.79 Å². The maximum absolute atomic E-state index is 13.2. The summed E-state index contributed by atoms with van der Waals surface area (Å²) in [7, 11) is 4.53. The average molecular weight is 404 g/mol. The molecule has 0 unspecified atom stereocenters. The zero-order chi connectivity index (χ0) is 20.1. The Morgan fingerprint density at radius 3 is 2.39 bits per heavy atom. The molecule has 7 nitrogen and oxygen atoms in total. The number of methoxy groups -OCH3 is 3. The van der Waals surface area contributed by atoms with Crippen LogP contribution in [0.2, 0.25) is 0 Å². The van der Waals surface area contributed by atoms with Crippen LogP contribution in [0.15, 0.2) is 46.0 Å². The Morgan fingerprint density at radius 1 is 1.07 bits per heavy atom. The number of aromatic nitrogens is 2. The van der Waals surface area contributed by atoms with Crippen LogP contribution in [0, 0.1) is 5.82 Å². The lowest BCUT2D eigenvalue weighted by molar-refractivity contribution is 0.102. The molecule has 0 aliphatic rings. The van der Waals surface area contributed by atoms with E-state index in [2.05, 4.69) is 10.2 Å². The van der Waals surface area contributed by atoms with E-state index in [1.165, 1.54) is 39.5 Å². The van der Waals surface area contributed by atoms with E-state index in [1.54, 1.807) is 18.2 Å². The van der Waals surface area contributed by atoms with Gasteiger partial charge in [0.05, 0.1) is 27.1 Å². The quantitative estimate of drug-likeness (QED) is 0.413. The van der Waals surface area contributed by atoms with E-state index in [0.717, 1.165) is 11.8 Å². The van der Waals surface area contributed by atoms with Crippen molar-refractivity contribution in [2.75, 3.05) is 27.1 Å². The Labute approximate surface area is 164 Å². The molecule has 0 spiro atoms. The fraction of sp³-hybridized carbons (Fsp3) is 0.211. The SMILES string of the molecule is COc1cc(-c2nnc(SCC(=O)c3cccc(F)c3)o2)cc(OC)c1OC. The van der Waals surface area contributed by atoms with Crippen LogP contribution in [-0.2, 0) is 0 Å². The highest BCUT2D eigenvalue weighted by Gasteiger charge is 2.18. The molecule has 0 radical (unpaired) electrons. The van der Waals surface area contributed by atoms with Crippen LogP contribution in [-0.4, -0.2) is 43.1 Å². The molecule has 0 atom stereocenters. The molecule has 2 aromatic carbocycles. The first-order valence-electron chi connectivity index (χ1n) is 8.11. The number of Topliss-reactive ketones (excluding diaryl/α,β-unsaturated/α-hetero) is 1. The van der Waals surface area contributed by atoms with Crippen LogP contribution in [0.3, 0.4) is 0 Å². The minimum absolute atomic E-state index is 0.0420. The summed E-state index contributed by atoms with van der Waals surface area (Å²) < 4.78 is 34.7. The monoisotopic (exact) mass is 404 g/mol. The van der Waals surface area contributed by atoms with Gasteiger partial charge >= 0.3 is 0 Å². The summed E-state index contributed by atoms with van der Waals surface area (Å²) in [6.45, 7) is 0. The largest absolute Gasteiger partial charge is 0.493 e. The van der Waals surface area contributed by atoms with Crippen molar-refractivity contribution >= 4 is 17.5 Å². The molecule has 28 heavy (non-hydrogen) atoms. The van der Waals surface area contributed by atoms with Crippen molar-refractivity contribution in [1.29, 1.82) is 0 Å². The molecule has 3 aromatic rings. The summed E-state index contributed by atoms with van der Waals surface area (Å²) in [5, 5.41) is 8.15. The normalized spacial score (nSPS) is 10.6. The van der Waals surface area contributed by atoms with Crippen molar-refractivity contribution in [2.45, 2.75) is 5.22 Å². The van der Waals surface area contributed by atoms with Crippen molar-refractivity contribution in [3.63, 3.8) is 0 Å². The molecule has 0 aliphatic carbocycles. The predicted molar refractivity (Wildman–Crippen MR) is 101 cm³/mol. The van der Waals surface area contributed by atoms with Gasteiger partial charge in [-0.25, -0.2) is 4.39 Å². The molecule has 0 N–H and O–H groups in total. The smallest absolute Gasteiger partial charge is 0.277 e. The maximum atomic E-state index is 13.2. The van der Waals surface area contributed by atoms with Gasteiger partial charge in [0.1, 0.15) is 5.82 Å². The second kappa shape index (κ2) is 8.75. The number of nitrogens with zero attached hydrogens (tertiary/aromatic N) is 2. The molecule has 1 heterocycles. The van der Waals surface area contributed by atoms with E-state index in [4.69, 9.17) is 18.6 Å². The van der Waals surface area contributed by atoms with Gasteiger partial charge in [-0.2, -0.15) is 0 Å². The Bertz CT molecular complexity index is 967. The van der Waals surface area contributed by atoms with Gasteiger partial charge in [0.2, 0.25) is 11.6 Å². The number of rotatable bonds is 8. The molecular formula is C19H17FN2O5S. The van der Waals surface area contributed by atoms with Crippen LogP contribution in [0.1, 0.15) is 10.4 Å². The fourth-order valence-electron chi connectivity index (χ4n) is 2.46. The number of carbonyl (C=O) groups is 1. The molecule has 1 aromatic heterocycles. The third kappa shape index (κ3) is 4.25. The first-order chi connectivity index (χ1) is 13.5. The van der Waals surface area contributed by atoms with Gasteiger partial charge in [0, 0.05) is 11.1 Å². The molecule has 146 valence electrons. The molecule has 0 bridgehead atoms. The van der Waals surface area contributed by atoms with E-state index < -0.39 is 5.82 Å². The summed E-state index contributed by atoms with van der Waals surface area (Å²) in [5.74, 6) is 0.926. The van der Waals surface area contributed by atoms with Crippen LogP contribution < -0.4 is 14.2 Å². The third-order valence-electron chi connectivity index (χ3n) is 3.79. The van der Waals surface area contributed by atoms with Gasteiger partial charge in [-0.15, -0.1) is 10.2 Å². The van der Waals surface area contributed by atoms with Crippen molar-refractivity contribution in [2.24, 2.45) is 0 Å². The number of halogens is 1. The number of ketones is 1. The van der Waals surface area contributed by atoms with Crippen LogP contribution in [0.25, 0.3) is 11.5 Å². The lowest BCUT2D eigenvalue weighted by Crippen LogP contribution is -2.02. The van der Waals surface area contributed by atoms with Crippen molar-refractivity contribution in [3.8, 4) is 28.7 Å². The van der Waals surface area contributed by atoms with E-state index in [-0.39, 0.29) is 28.2 Å². The van der Waals surface area contributed by atoms with Gasteiger partial charge in [-0.05, 0) is 24.3 Å². The summed E-state index contributed by atoms with van der Waals surface area (Å²) in [5.41, 5.74) is 0.863. The Balaban J connectivity index is 1.76. The minimum Gasteiger partial charge on any atom is -0.493 e. The van der Waals surface area contributed by atoms with Crippen LogP contribution in [0.4, 0.5) is 4.39 Å². The van der Waals surface area contributed by atoms with E-state index in [0.29, 0.717) is 22.8 Å². The first-order valence-corrected chi connectivity index (χ1v) is 9.09. The Kier molecular flexibility index (Phi) is 6.15. The number of ether oxygens (including phenoxy) is 3. The number of thioether (sulfide) groups is 1. The van der Waals surface area contributed by atoms with E-state index >= 15 is 0 Å². The number of hydrogen-bond donors (Lipinski definition) is 0. The highest BCUT2D eigenvalue weighted by molar-refractivity contribution is 7.99. The van der Waals surface area contributed by atoms with E-state index in [9.17, 15) is 9.18 Å². The molecule has 0 saturated heterocycles. The highest BCUT2D eigenvalue weighted by Crippen LogP contribution is 2.41. The molecule has 3 rings (SSSR count). The summed E-state index contributed by atoms with van der Waals surface area (Å²) in [6.07, 6.45) is 0. The van der Waals surface area contributed by atoms with Crippen LogP contribution in [0.5, 0.6) is 17.2 Å². The lowest BCUT2D eigenvalue weighted by atomic mass is 10.1. The van der Waals surface area contributed by atoms with Gasteiger partial charge < -0.3 is 18.6 Å². The molecule has 0 saturated carbocycles. The summed E-state index contributed by atoms with van der Waals surface area (Å²) >= 11 is 1.07. The maximum Gasteiger partial charge on any atom is 0.277 e. The van der Waals surface area contributed by atoms with Gasteiger partial charge in [0.25, 0.3) is 5.22 Å². The van der Waals surface area contributed by atoms with Crippen molar-refractivity contribution < 1.29 is 27.8 Å². The molecule has 0 amide bonds. The summed E-state index contributed by atoms with van der Waals surface area (Å²) in [4.78, 5) is 12.2. The van der Waals surface area contributed by atoms with Crippen molar-refractivity contribution in [1.82, 2.24) is 10.2 Å². The molecule has 9 heteroatoms. The zero-order valence-electron chi connectivity index (χ0n) is 15.4. The highest BCUT2D eigenvalue weighted by atomic mass is 32.2. The number of carbonyl (C=O) groups excluding carboxylic acids is 1. The second-order valence-electron chi connectivity index (χ2n) is 5.51. The molecule has 0 fully saturated rings. The number of benzene rings is 2.